The number of aryl methyl sites for hydroxylation is 1. The first-order valence-electron chi connectivity index (χ1n) is 7.16. The van der Waals surface area contributed by atoms with E-state index in [4.69, 9.17) is 0 Å². The first-order chi connectivity index (χ1) is 11.5. The molecule has 122 valence electrons. The fourth-order valence-electron chi connectivity index (χ4n) is 2.55. The molecule has 4 N–H and O–H groups in total. The van der Waals surface area contributed by atoms with Crippen molar-refractivity contribution in [2.45, 2.75) is 12.8 Å². The minimum Gasteiger partial charge on any atom is -0.314 e. The molecule has 0 atom stereocenters. The van der Waals surface area contributed by atoms with Gasteiger partial charge in [0.15, 0.2) is 0 Å². The Morgan fingerprint density at radius 3 is 1.62 bits per heavy atom. The minimum atomic E-state index is -0.744. The molecule has 0 aliphatic carbocycles. The first-order valence-corrected chi connectivity index (χ1v) is 7.16. The van der Waals surface area contributed by atoms with Crippen molar-refractivity contribution in [1.29, 1.82) is 0 Å². The smallest absolute Gasteiger partial charge is 0.314 e. The molecule has 24 heavy (non-hydrogen) atoms. The monoisotopic (exact) mass is 326 g/mol. The Balaban J connectivity index is 2.30. The van der Waals surface area contributed by atoms with Crippen molar-refractivity contribution in [2.75, 3.05) is 0 Å². The van der Waals surface area contributed by atoms with E-state index >= 15 is 0 Å². The van der Waals surface area contributed by atoms with Crippen LogP contribution in [0.5, 0.6) is 0 Å². The van der Waals surface area contributed by atoms with E-state index in [1.54, 1.807) is 12.1 Å². The zero-order chi connectivity index (χ0) is 17.3. The molecule has 8 nitrogen and oxygen atoms in total. The molecule has 1 aromatic carbocycles. The molecule has 0 radical (unpaired) electrons. The van der Waals surface area contributed by atoms with Crippen molar-refractivity contribution in [3.05, 3.63) is 101 Å². The van der Waals surface area contributed by atoms with Crippen LogP contribution in [-0.4, -0.2) is 19.9 Å². The van der Waals surface area contributed by atoms with Crippen LogP contribution in [0.4, 0.5) is 0 Å². The topological polar surface area (TPSA) is 131 Å². The largest absolute Gasteiger partial charge is 0.325 e. The Kier molecular flexibility index (Phi) is 3.87. The zero-order valence-electron chi connectivity index (χ0n) is 12.7. The molecule has 0 saturated heterocycles. The number of aromatic nitrogens is 4. The van der Waals surface area contributed by atoms with Gasteiger partial charge in [0, 0.05) is 29.4 Å². The van der Waals surface area contributed by atoms with Gasteiger partial charge < -0.3 is 9.97 Å². The molecule has 2 heterocycles. The summed E-state index contributed by atoms with van der Waals surface area (Å²) in [5.74, 6) is -0.744. The van der Waals surface area contributed by atoms with E-state index in [2.05, 4.69) is 19.9 Å². The highest BCUT2D eigenvalue weighted by Gasteiger charge is 2.23. The standard InChI is InChI=1S/C16H14N4O4/c1-8-2-4-9(5-3-8)12(10-6-17-15(23)19-13(10)21)11-7-18-16(24)20-14(11)22/h2-7,12H,1H3,(H2,17,19,21,23)(H2,18,20,22,24). The summed E-state index contributed by atoms with van der Waals surface area (Å²) in [7, 11) is 0. The second-order valence-electron chi connectivity index (χ2n) is 5.40. The molecule has 0 aliphatic heterocycles. The summed E-state index contributed by atoms with van der Waals surface area (Å²) in [5.41, 5.74) is -0.403. The highest BCUT2D eigenvalue weighted by atomic mass is 16.2. The lowest BCUT2D eigenvalue weighted by Crippen LogP contribution is -2.31. The van der Waals surface area contributed by atoms with Crippen molar-refractivity contribution in [3.63, 3.8) is 0 Å². The van der Waals surface area contributed by atoms with Gasteiger partial charge in [-0.25, -0.2) is 9.59 Å². The van der Waals surface area contributed by atoms with Crippen LogP contribution in [0.25, 0.3) is 0 Å². The number of hydrogen-bond donors (Lipinski definition) is 4. The quantitative estimate of drug-likeness (QED) is 0.536. The van der Waals surface area contributed by atoms with Crippen molar-refractivity contribution in [2.24, 2.45) is 0 Å². The van der Waals surface area contributed by atoms with Crippen LogP contribution >= 0.6 is 0 Å². The fourth-order valence-corrected chi connectivity index (χ4v) is 2.55. The van der Waals surface area contributed by atoms with E-state index in [1.807, 2.05) is 19.1 Å². The first kappa shape index (κ1) is 15.5. The van der Waals surface area contributed by atoms with Gasteiger partial charge in [0.1, 0.15) is 0 Å². The normalized spacial score (nSPS) is 10.9. The van der Waals surface area contributed by atoms with Gasteiger partial charge >= 0.3 is 11.4 Å². The summed E-state index contributed by atoms with van der Waals surface area (Å²) in [5, 5.41) is 0. The van der Waals surface area contributed by atoms with E-state index in [-0.39, 0.29) is 11.1 Å². The molecule has 3 aromatic rings. The lowest BCUT2D eigenvalue weighted by atomic mass is 9.87. The van der Waals surface area contributed by atoms with Gasteiger partial charge in [0.05, 0.1) is 0 Å². The second kappa shape index (κ2) is 5.99. The van der Waals surface area contributed by atoms with Crippen molar-refractivity contribution in [3.8, 4) is 0 Å². The Hall–Kier alpha value is -3.42. The van der Waals surface area contributed by atoms with Crippen LogP contribution in [0.1, 0.15) is 28.2 Å². The predicted octanol–water partition coefficient (Wildman–Crippen LogP) is -0.0716. The van der Waals surface area contributed by atoms with Gasteiger partial charge in [-0.15, -0.1) is 0 Å². The highest BCUT2D eigenvalue weighted by Crippen LogP contribution is 2.26. The molecule has 8 heteroatoms. The number of H-pyrrole nitrogens is 4. The molecule has 0 fully saturated rings. The number of benzene rings is 1. The summed E-state index contributed by atoms with van der Waals surface area (Å²) in [6.45, 7) is 1.92. The van der Waals surface area contributed by atoms with E-state index in [9.17, 15) is 19.2 Å². The minimum absolute atomic E-state index is 0.191. The van der Waals surface area contributed by atoms with Gasteiger partial charge in [0.25, 0.3) is 11.1 Å². The summed E-state index contributed by atoms with van der Waals surface area (Å²) in [6, 6.07) is 7.27. The maximum absolute atomic E-state index is 12.2. The Bertz CT molecular complexity index is 1030. The third-order valence-electron chi connectivity index (χ3n) is 3.73. The summed E-state index contributed by atoms with van der Waals surface area (Å²) >= 11 is 0. The number of nitrogens with one attached hydrogen (secondary N) is 4. The average molecular weight is 326 g/mol. The van der Waals surface area contributed by atoms with E-state index in [0.29, 0.717) is 5.56 Å². The van der Waals surface area contributed by atoms with Gasteiger partial charge in [-0.05, 0) is 12.5 Å². The van der Waals surface area contributed by atoms with Crippen LogP contribution < -0.4 is 22.5 Å². The second-order valence-corrected chi connectivity index (χ2v) is 5.40. The third-order valence-corrected chi connectivity index (χ3v) is 3.73. The highest BCUT2D eigenvalue weighted by molar-refractivity contribution is 5.40. The Morgan fingerprint density at radius 1 is 0.750 bits per heavy atom. The number of hydrogen-bond acceptors (Lipinski definition) is 4. The summed E-state index contributed by atoms with van der Waals surface area (Å²) in [6.07, 6.45) is 2.55. The van der Waals surface area contributed by atoms with Crippen molar-refractivity contribution in [1.82, 2.24) is 19.9 Å². The van der Waals surface area contributed by atoms with Crippen LogP contribution in [0.3, 0.4) is 0 Å². The maximum atomic E-state index is 12.2. The Labute approximate surface area is 134 Å². The fraction of sp³-hybridized carbons (Fsp3) is 0.125. The third kappa shape index (κ3) is 2.89. The lowest BCUT2D eigenvalue weighted by Gasteiger charge is -2.16. The number of aromatic amines is 4. The van der Waals surface area contributed by atoms with Crippen LogP contribution in [-0.2, 0) is 0 Å². The average Bonchev–Trinajstić information content (AvgIpc) is 2.53. The van der Waals surface area contributed by atoms with E-state index in [0.717, 1.165) is 5.56 Å². The molecule has 0 bridgehead atoms. The van der Waals surface area contributed by atoms with Crippen LogP contribution in [0, 0.1) is 6.92 Å². The molecule has 0 saturated carbocycles. The van der Waals surface area contributed by atoms with E-state index in [1.165, 1.54) is 12.4 Å². The molecule has 3 rings (SSSR count). The molecule has 0 unspecified atom stereocenters. The Morgan fingerprint density at radius 2 is 1.21 bits per heavy atom. The van der Waals surface area contributed by atoms with Crippen LogP contribution in [0.15, 0.2) is 55.8 Å². The van der Waals surface area contributed by atoms with E-state index < -0.39 is 28.4 Å². The summed E-state index contributed by atoms with van der Waals surface area (Å²) < 4.78 is 0. The van der Waals surface area contributed by atoms with Gasteiger partial charge in [-0.2, -0.15) is 0 Å². The molecule has 0 spiro atoms. The van der Waals surface area contributed by atoms with Gasteiger partial charge in [-0.3, -0.25) is 19.6 Å². The molecular weight excluding hydrogens is 312 g/mol. The van der Waals surface area contributed by atoms with Crippen molar-refractivity contribution >= 4 is 0 Å². The molecule has 2 aromatic heterocycles. The SMILES string of the molecule is Cc1ccc(C(c2c[nH]c(=O)[nH]c2=O)c2c[nH]c(=O)[nH]c2=O)cc1. The summed E-state index contributed by atoms with van der Waals surface area (Å²) in [4.78, 5) is 56.1. The van der Waals surface area contributed by atoms with Crippen molar-refractivity contribution < 1.29 is 0 Å². The van der Waals surface area contributed by atoms with Crippen LogP contribution in [0.2, 0.25) is 0 Å². The zero-order valence-corrected chi connectivity index (χ0v) is 12.7. The maximum Gasteiger partial charge on any atom is 0.325 e. The molecule has 0 aliphatic rings. The molecule has 0 amide bonds. The lowest BCUT2D eigenvalue weighted by molar-refractivity contribution is 0.858. The predicted molar refractivity (Wildman–Crippen MR) is 87.5 cm³/mol. The van der Waals surface area contributed by atoms with Gasteiger partial charge in [-0.1, -0.05) is 29.8 Å². The number of rotatable bonds is 3. The molecular formula is C16H14N4O4. The van der Waals surface area contributed by atoms with Gasteiger partial charge in [0.2, 0.25) is 0 Å².